The molecule has 4 nitrogen and oxygen atoms in total. The molecule has 3 fully saturated rings. The van der Waals surface area contributed by atoms with E-state index in [0.717, 1.165) is 63.9 Å². The molecule has 0 bridgehead atoms. The molecule has 0 N–H and O–H groups in total. The summed E-state index contributed by atoms with van der Waals surface area (Å²) < 4.78 is 75.0. The molecule has 1 heterocycles. The molecule has 3 aliphatic rings. The Morgan fingerprint density at radius 2 is 1.31 bits per heavy atom. The molecule has 8 heteroatoms. The molecule has 5 rings (SSSR count). The summed E-state index contributed by atoms with van der Waals surface area (Å²) in [4.78, 5) is 0. The van der Waals surface area contributed by atoms with E-state index in [1.54, 1.807) is 0 Å². The van der Waals surface area contributed by atoms with Gasteiger partial charge in [-0.2, -0.15) is 14.0 Å². The maximum Gasteiger partial charge on any atom is 0.400 e. The third-order valence-corrected chi connectivity index (χ3v) is 8.80. The molecule has 1 aliphatic heterocycles. The Balaban J connectivity index is 1.11. The second-order valence-electron chi connectivity index (χ2n) is 11.5. The SMILES string of the molecule is CC1COC(C2CCC(C3CCC(C(F)(F)Oc4ccc(-c5cc(F)c(C#N)c(F)c5)cc4)CC3)CC2)OC1. The first-order chi connectivity index (χ1) is 18.7. The number of nitriles is 1. The summed E-state index contributed by atoms with van der Waals surface area (Å²) in [5.41, 5.74) is -0.0125. The average Bonchev–Trinajstić information content (AvgIpc) is 2.94. The van der Waals surface area contributed by atoms with Crippen LogP contribution in [0.3, 0.4) is 0 Å². The van der Waals surface area contributed by atoms with Gasteiger partial charge < -0.3 is 14.2 Å². The highest BCUT2D eigenvalue weighted by molar-refractivity contribution is 5.65. The molecule has 2 aromatic rings. The van der Waals surface area contributed by atoms with Crippen molar-refractivity contribution in [1.82, 2.24) is 0 Å². The van der Waals surface area contributed by atoms with Crippen molar-refractivity contribution in [3.05, 3.63) is 53.6 Å². The highest BCUT2D eigenvalue weighted by Gasteiger charge is 2.45. The molecular weight excluding hydrogens is 510 g/mol. The zero-order valence-electron chi connectivity index (χ0n) is 22.2. The largest absolute Gasteiger partial charge is 0.432 e. The van der Waals surface area contributed by atoms with E-state index in [4.69, 9.17) is 19.5 Å². The molecule has 0 radical (unpaired) electrons. The van der Waals surface area contributed by atoms with Crippen LogP contribution in [0.25, 0.3) is 11.1 Å². The number of ether oxygens (including phenoxy) is 3. The number of rotatable bonds is 6. The van der Waals surface area contributed by atoms with Gasteiger partial charge in [0.1, 0.15) is 29.0 Å². The first-order valence-electron chi connectivity index (χ1n) is 14.0. The van der Waals surface area contributed by atoms with E-state index < -0.39 is 29.2 Å². The number of alkyl halides is 2. The molecule has 0 unspecified atom stereocenters. The molecular formula is C31H35F4NO3. The third kappa shape index (κ3) is 6.41. The first-order valence-corrected chi connectivity index (χ1v) is 14.0. The summed E-state index contributed by atoms with van der Waals surface area (Å²) in [5, 5.41) is 8.83. The topological polar surface area (TPSA) is 51.5 Å². The summed E-state index contributed by atoms with van der Waals surface area (Å²) in [6.45, 7) is 3.64. The molecule has 0 spiro atoms. The normalized spacial score (nSPS) is 29.9. The van der Waals surface area contributed by atoms with E-state index in [-0.39, 0.29) is 17.6 Å². The van der Waals surface area contributed by atoms with Gasteiger partial charge in [-0.1, -0.05) is 19.1 Å². The van der Waals surface area contributed by atoms with Crippen molar-refractivity contribution in [1.29, 1.82) is 5.26 Å². The van der Waals surface area contributed by atoms with Crippen LogP contribution in [0, 0.1) is 52.6 Å². The quantitative estimate of drug-likeness (QED) is 0.344. The monoisotopic (exact) mass is 545 g/mol. The van der Waals surface area contributed by atoms with Crippen molar-refractivity contribution in [2.45, 2.75) is 70.7 Å². The second-order valence-corrected chi connectivity index (χ2v) is 11.5. The minimum absolute atomic E-state index is 0.000305. The number of hydrogen-bond donors (Lipinski definition) is 0. The summed E-state index contributed by atoms with van der Waals surface area (Å²) in [7, 11) is 0. The zero-order chi connectivity index (χ0) is 27.6. The summed E-state index contributed by atoms with van der Waals surface area (Å²) in [5.74, 6) is -0.862. The fraction of sp³-hybridized carbons (Fsp3) is 0.581. The fourth-order valence-electron chi connectivity index (χ4n) is 6.50. The first kappa shape index (κ1) is 27.9. The highest BCUT2D eigenvalue weighted by Crippen LogP contribution is 2.46. The summed E-state index contributed by atoms with van der Waals surface area (Å²) in [6, 6.07) is 9.29. The van der Waals surface area contributed by atoms with Gasteiger partial charge in [-0.05, 0) is 98.6 Å². The molecule has 0 amide bonds. The van der Waals surface area contributed by atoms with Crippen molar-refractivity contribution in [3.8, 4) is 22.9 Å². The minimum atomic E-state index is -3.30. The Bertz CT molecular complexity index is 1130. The van der Waals surface area contributed by atoms with Gasteiger partial charge in [0, 0.05) is 11.8 Å². The predicted octanol–water partition coefficient (Wildman–Crippen LogP) is 8.10. The third-order valence-electron chi connectivity index (χ3n) is 8.80. The van der Waals surface area contributed by atoms with Crippen molar-refractivity contribution >= 4 is 0 Å². The number of hydrogen-bond acceptors (Lipinski definition) is 4. The van der Waals surface area contributed by atoms with Crippen LogP contribution in [0.4, 0.5) is 17.6 Å². The molecule has 2 saturated carbocycles. The van der Waals surface area contributed by atoms with Crippen LogP contribution in [-0.4, -0.2) is 25.6 Å². The van der Waals surface area contributed by atoms with Gasteiger partial charge in [0.15, 0.2) is 6.29 Å². The lowest BCUT2D eigenvalue weighted by atomic mass is 9.69. The Labute approximate surface area is 227 Å². The van der Waals surface area contributed by atoms with Crippen LogP contribution in [0.5, 0.6) is 5.75 Å². The maximum absolute atomic E-state index is 15.1. The van der Waals surface area contributed by atoms with Gasteiger partial charge in [0.2, 0.25) is 0 Å². The van der Waals surface area contributed by atoms with Gasteiger partial charge in [0.05, 0.1) is 19.1 Å². The van der Waals surface area contributed by atoms with Gasteiger partial charge >= 0.3 is 6.11 Å². The van der Waals surface area contributed by atoms with Crippen molar-refractivity contribution in [2.24, 2.45) is 29.6 Å². The Hall–Kier alpha value is -2.63. The maximum atomic E-state index is 15.1. The van der Waals surface area contributed by atoms with E-state index in [1.165, 1.54) is 30.3 Å². The van der Waals surface area contributed by atoms with Crippen LogP contribution < -0.4 is 4.74 Å². The Morgan fingerprint density at radius 1 is 0.795 bits per heavy atom. The van der Waals surface area contributed by atoms with Gasteiger partial charge in [-0.25, -0.2) is 8.78 Å². The Morgan fingerprint density at radius 3 is 1.85 bits per heavy atom. The van der Waals surface area contributed by atoms with Crippen molar-refractivity contribution < 1.29 is 31.8 Å². The van der Waals surface area contributed by atoms with Crippen molar-refractivity contribution in [3.63, 3.8) is 0 Å². The second kappa shape index (κ2) is 11.9. The fourth-order valence-corrected chi connectivity index (χ4v) is 6.50. The van der Waals surface area contributed by atoms with Gasteiger partial charge in [-0.3, -0.25) is 0 Å². The molecule has 2 aromatic carbocycles. The molecule has 1 saturated heterocycles. The van der Waals surface area contributed by atoms with E-state index in [9.17, 15) is 8.78 Å². The van der Waals surface area contributed by atoms with E-state index in [0.29, 0.717) is 42.1 Å². The highest BCUT2D eigenvalue weighted by atomic mass is 19.3. The zero-order valence-corrected chi connectivity index (χ0v) is 22.2. The van der Waals surface area contributed by atoms with Crippen LogP contribution in [0.15, 0.2) is 36.4 Å². The molecule has 2 aliphatic carbocycles. The smallest absolute Gasteiger partial charge is 0.400 e. The van der Waals surface area contributed by atoms with E-state index >= 15 is 8.78 Å². The van der Waals surface area contributed by atoms with Crippen LogP contribution >= 0.6 is 0 Å². The minimum Gasteiger partial charge on any atom is -0.432 e. The average molecular weight is 546 g/mol. The van der Waals surface area contributed by atoms with Crippen LogP contribution in [-0.2, 0) is 9.47 Å². The van der Waals surface area contributed by atoms with E-state index in [1.807, 2.05) is 0 Å². The number of halogens is 4. The van der Waals surface area contributed by atoms with Gasteiger partial charge in [0.25, 0.3) is 0 Å². The van der Waals surface area contributed by atoms with Crippen LogP contribution in [0.1, 0.15) is 63.9 Å². The lowest BCUT2D eigenvalue weighted by Gasteiger charge is -2.41. The lowest BCUT2D eigenvalue weighted by Crippen LogP contribution is -2.40. The number of nitrogens with zero attached hydrogens (tertiary/aromatic N) is 1. The summed E-state index contributed by atoms with van der Waals surface area (Å²) in [6.07, 6.45) is 3.36. The molecule has 210 valence electrons. The summed E-state index contributed by atoms with van der Waals surface area (Å²) >= 11 is 0. The van der Waals surface area contributed by atoms with Crippen molar-refractivity contribution in [2.75, 3.05) is 13.2 Å². The predicted molar refractivity (Wildman–Crippen MR) is 138 cm³/mol. The standard InChI is InChI=1S/C31H35F4NO3/c1-19-17-37-30(38-18-19)23-4-2-20(3-5-23)21-6-10-25(11-7-21)31(34,35)39-26-12-8-22(9-13-26)24-14-28(32)27(16-36)29(33)15-24/h8-9,12-15,19-21,23,25,30H,2-7,10-11,17-18H2,1H3. The van der Waals surface area contributed by atoms with E-state index in [2.05, 4.69) is 6.92 Å². The molecule has 39 heavy (non-hydrogen) atoms. The number of benzene rings is 2. The Kier molecular flexibility index (Phi) is 8.49. The molecule has 0 atom stereocenters. The van der Waals surface area contributed by atoms with Gasteiger partial charge in [-0.15, -0.1) is 0 Å². The lowest BCUT2D eigenvalue weighted by molar-refractivity contribution is -0.229. The molecule has 0 aromatic heterocycles. The van der Waals surface area contributed by atoms with Crippen LogP contribution in [0.2, 0.25) is 0 Å².